The van der Waals surface area contributed by atoms with Gasteiger partial charge in [0.1, 0.15) is 12.7 Å². The highest BCUT2D eigenvalue weighted by Crippen LogP contribution is 2.27. The lowest BCUT2D eigenvalue weighted by atomic mass is 9.83. The van der Waals surface area contributed by atoms with Gasteiger partial charge >= 0.3 is 0 Å². The van der Waals surface area contributed by atoms with Crippen molar-refractivity contribution in [3.05, 3.63) is 47.5 Å². The molecule has 5 nitrogen and oxygen atoms in total. The molecule has 0 radical (unpaired) electrons. The Balaban J connectivity index is 0.000000547. The Labute approximate surface area is 145 Å². The van der Waals surface area contributed by atoms with Gasteiger partial charge in [-0.1, -0.05) is 37.6 Å². The topological polar surface area (TPSA) is 78.3 Å². The van der Waals surface area contributed by atoms with Crippen LogP contribution in [0.5, 0.6) is 0 Å². The highest BCUT2D eigenvalue weighted by Gasteiger charge is 2.21. The van der Waals surface area contributed by atoms with Crippen LogP contribution in [-0.4, -0.2) is 14.8 Å². The molecule has 0 aliphatic heterocycles. The molecule has 2 aromatic rings. The molecule has 128 valence electrons. The van der Waals surface area contributed by atoms with Crippen LogP contribution in [0.1, 0.15) is 57.2 Å². The van der Waals surface area contributed by atoms with Gasteiger partial charge in [0.05, 0.1) is 23.5 Å². The monoisotopic (exact) mass is 325 g/mol. The largest absolute Gasteiger partial charge is 0.256 e. The summed E-state index contributed by atoms with van der Waals surface area (Å²) in [6.07, 6.45) is 3.14. The summed E-state index contributed by atoms with van der Waals surface area (Å²) in [5.41, 5.74) is 2.56. The standard InChI is InChI=1S/C14H16N2.C3H5N3.C2H6/c1-10-5-12(11(2)8-15)7-13(6-10)14(3,4)9-16;1-6-3-4-2-5-6;1-2/h5-7,11H,1-4H3;2-3H,1H3;1-2H3. The molecule has 1 heterocycles. The van der Waals surface area contributed by atoms with Crippen molar-refractivity contribution in [3.8, 4) is 12.1 Å². The first-order valence-corrected chi connectivity index (χ1v) is 8.01. The molecule has 0 aliphatic carbocycles. The summed E-state index contributed by atoms with van der Waals surface area (Å²) in [5, 5.41) is 21.7. The van der Waals surface area contributed by atoms with Crippen LogP contribution in [0, 0.1) is 29.6 Å². The van der Waals surface area contributed by atoms with Crippen LogP contribution in [0.3, 0.4) is 0 Å². The SMILES string of the molecule is CC.Cc1cc(C(C)C#N)cc(C(C)(C)C#N)c1.Cn1cncn1. The summed E-state index contributed by atoms with van der Waals surface area (Å²) in [7, 11) is 1.83. The van der Waals surface area contributed by atoms with E-state index in [0.29, 0.717) is 0 Å². The molecule has 1 atom stereocenters. The number of hydrogen-bond donors (Lipinski definition) is 0. The van der Waals surface area contributed by atoms with Gasteiger partial charge < -0.3 is 0 Å². The van der Waals surface area contributed by atoms with Crippen molar-refractivity contribution in [3.63, 3.8) is 0 Å². The lowest BCUT2D eigenvalue weighted by molar-refractivity contribution is 0.684. The average Bonchev–Trinajstić information content (AvgIpc) is 3.07. The maximum absolute atomic E-state index is 9.11. The Morgan fingerprint density at radius 1 is 1.17 bits per heavy atom. The first-order chi connectivity index (χ1) is 11.3. The summed E-state index contributed by atoms with van der Waals surface area (Å²) >= 11 is 0. The number of nitrogens with zero attached hydrogens (tertiary/aromatic N) is 5. The molecule has 0 N–H and O–H groups in total. The van der Waals surface area contributed by atoms with E-state index in [1.807, 2.05) is 66.8 Å². The molecule has 1 aromatic carbocycles. The van der Waals surface area contributed by atoms with Gasteiger partial charge in [-0.25, -0.2) is 4.98 Å². The molecule has 1 unspecified atom stereocenters. The molecular formula is C19H27N5. The van der Waals surface area contributed by atoms with Crippen molar-refractivity contribution in [1.82, 2.24) is 14.8 Å². The number of aromatic nitrogens is 3. The van der Waals surface area contributed by atoms with E-state index in [0.717, 1.165) is 16.7 Å². The molecule has 1 aromatic heterocycles. The fraction of sp³-hybridized carbons (Fsp3) is 0.474. The van der Waals surface area contributed by atoms with Gasteiger partial charge in [-0.3, -0.25) is 4.68 Å². The number of aryl methyl sites for hydroxylation is 2. The molecule has 0 saturated heterocycles. The minimum Gasteiger partial charge on any atom is -0.256 e. The molecule has 0 saturated carbocycles. The second-order valence-electron chi connectivity index (χ2n) is 5.79. The van der Waals surface area contributed by atoms with Crippen LogP contribution in [0.4, 0.5) is 0 Å². The van der Waals surface area contributed by atoms with Gasteiger partial charge in [0.25, 0.3) is 0 Å². The zero-order valence-electron chi connectivity index (χ0n) is 15.7. The van der Waals surface area contributed by atoms with E-state index in [4.69, 9.17) is 10.5 Å². The molecule has 0 fully saturated rings. The smallest absolute Gasteiger partial charge is 0.137 e. The molecule has 0 bridgehead atoms. The van der Waals surface area contributed by atoms with Gasteiger partial charge in [0.2, 0.25) is 0 Å². The fourth-order valence-electron chi connectivity index (χ4n) is 1.83. The second-order valence-corrected chi connectivity index (χ2v) is 5.79. The van der Waals surface area contributed by atoms with Crippen molar-refractivity contribution < 1.29 is 0 Å². The predicted molar refractivity (Wildman–Crippen MR) is 96.2 cm³/mol. The normalized spacial score (nSPS) is 10.9. The van der Waals surface area contributed by atoms with Crippen LogP contribution >= 0.6 is 0 Å². The first kappa shape index (κ1) is 21.3. The van der Waals surface area contributed by atoms with E-state index in [1.165, 1.54) is 6.33 Å². The third kappa shape index (κ3) is 6.62. The number of hydrogen-bond acceptors (Lipinski definition) is 4. The van der Waals surface area contributed by atoms with E-state index in [1.54, 1.807) is 11.0 Å². The zero-order valence-corrected chi connectivity index (χ0v) is 15.7. The number of nitriles is 2. The summed E-state index contributed by atoms with van der Waals surface area (Å²) in [4.78, 5) is 3.67. The Hall–Kier alpha value is -2.66. The maximum atomic E-state index is 9.11. The molecule has 0 aliphatic rings. The summed E-state index contributed by atoms with van der Waals surface area (Å²) < 4.78 is 1.64. The van der Waals surface area contributed by atoms with E-state index < -0.39 is 5.41 Å². The lowest BCUT2D eigenvalue weighted by Gasteiger charge is -2.18. The van der Waals surface area contributed by atoms with Gasteiger partial charge in [0.15, 0.2) is 0 Å². The maximum Gasteiger partial charge on any atom is 0.137 e. The molecular weight excluding hydrogens is 298 g/mol. The van der Waals surface area contributed by atoms with Crippen LogP contribution in [-0.2, 0) is 12.5 Å². The predicted octanol–water partition coefficient (Wildman–Crippen LogP) is 4.26. The molecule has 0 spiro atoms. The molecule has 5 heteroatoms. The zero-order chi connectivity index (χ0) is 18.8. The Morgan fingerprint density at radius 3 is 2.17 bits per heavy atom. The Bertz CT molecular complexity index is 688. The quantitative estimate of drug-likeness (QED) is 0.826. The van der Waals surface area contributed by atoms with Gasteiger partial charge in [-0.05, 0) is 38.8 Å². The highest BCUT2D eigenvalue weighted by atomic mass is 15.3. The average molecular weight is 325 g/mol. The molecule has 0 amide bonds. The summed E-state index contributed by atoms with van der Waals surface area (Å²) in [6.45, 7) is 11.6. The van der Waals surface area contributed by atoms with Crippen molar-refractivity contribution in [2.75, 3.05) is 0 Å². The van der Waals surface area contributed by atoms with E-state index in [9.17, 15) is 0 Å². The third-order valence-electron chi connectivity index (χ3n) is 3.33. The van der Waals surface area contributed by atoms with Crippen molar-refractivity contribution in [2.24, 2.45) is 7.05 Å². The number of benzene rings is 1. The van der Waals surface area contributed by atoms with E-state index in [-0.39, 0.29) is 5.92 Å². The van der Waals surface area contributed by atoms with Crippen molar-refractivity contribution in [1.29, 1.82) is 10.5 Å². The lowest BCUT2D eigenvalue weighted by Crippen LogP contribution is -2.14. The van der Waals surface area contributed by atoms with Crippen LogP contribution in [0.25, 0.3) is 0 Å². The first-order valence-electron chi connectivity index (χ1n) is 8.01. The molecule has 24 heavy (non-hydrogen) atoms. The van der Waals surface area contributed by atoms with E-state index in [2.05, 4.69) is 22.2 Å². The summed E-state index contributed by atoms with van der Waals surface area (Å²) in [5.74, 6) is -0.131. The van der Waals surface area contributed by atoms with Crippen molar-refractivity contribution in [2.45, 2.75) is 52.9 Å². The molecule has 2 rings (SSSR count). The minimum absolute atomic E-state index is 0.131. The minimum atomic E-state index is -0.504. The Kier molecular flexibility index (Phi) is 9.05. The Morgan fingerprint density at radius 2 is 1.79 bits per heavy atom. The highest BCUT2D eigenvalue weighted by molar-refractivity contribution is 5.39. The van der Waals surface area contributed by atoms with Crippen LogP contribution < -0.4 is 0 Å². The van der Waals surface area contributed by atoms with Crippen molar-refractivity contribution >= 4 is 0 Å². The fourth-order valence-corrected chi connectivity index (χ4v) is 1.83. The summed E-state index contributed by atoms with van der Waals surface area (Å²) in [6, 6.07) is 10.5. The van der Waals surface area contributed by atoms with Gasteiger partial charge in [-0.2, -0.15) is 15.6 Å². The second kappa shape index (κ2) is 10.2. The number of rotatable bonds is 2. The van der Waals surface area contributed by atoms with E-state index >= 15 is 0 Å². The van der Waals surface area contributed by atoms with Gasteiger partial charge in [-0.15, -0.1) is 0 Å². The van der Waals surface area contributed by atoms with Crippen LogP contribution in [0.2, 0.25) is 0 Å². The van der Waals surface area contributed by atoms with Gasteiger partial charge in [0, 0.05) is 7.05 Å². The van der Waals surface area contributed by atoms with Crippen LogP contribution in [0.15, 0.2) is 30.9 Å². The third-order valence-corrected chi connectivity index (χ3v) is 3.33.